The number of hydrogen-bond donors (Lipinski definition) is 1. The van der Waals surface area contributed by atoms with Crippen molar-refractivity contribution < 1.29 is 4.79 Å². The summed E-state index contributed by atoms with van der Waals surface area (Å²) in [6.07, 6.45) is 0.881. The number of benzene rings is 1. The molecule has 0 aliphatic carbocycles. The summed E-state index contributed by atoms with van der Waals surface area (Å²) >= 11 is 0. The number of nitrogens with one attached hydrogen (secondary N) is 1. The molecule has 1 N–H and O–H groups in total. The van der Waals surface area contributed by atoms with E-state index in [0.29, 0.717) is 5.78 Å². The second-order valence-corrected chi connectivity index (χ2v) is 5.85. The molecule has 1 aromatic carbocycles. The molecule has 1 heterocycles. The van der Waals surface area contributed by atoms with Crippen molar-refractivity contribution in [3.05, 3.63) is 34.4 Å². The highest BCUT2D eigenvalue weighted by molar-refractivity contribution is 6.02. The van der Waals surface area contributed by atoms with Gasteiger partial charge in [-0.3, -0.25) is 9.69 Å². The van der Waals surface area contributed by atoms with Crippen molar-refractivity contribution in [3.8, 4) is 0 Å². The van der Waals surface area contributed by atoms with Gasteiger partial charge in [0.1, 0.15) is 0 Å². The highest BCUT2D eigenvalue weighted by Gasteiger charge is 2.28. The van der Waals surface area contributed by atoms with E-state index in [1.54, 1.807) is 0 Å². The molecule has 0 aromatic heterocycles. The summed E-state index contributed by atoms with van der Waals surface area (Å²) in [6.45, 7) is 12.2. The highest BCUT2D eigenvalue weighted by atomic mass is 16.1. The number of carbonyl (C=O) groups excluding carboxylic acids is 1. The zero-order valence-corrected chi connectivity index (χ0v) is 13.1. The molecule has 1 aliphatic rings. The number of piperazine rings is 1. The zero-order valence-electron chi connectivity index (χ0n) is 13.1. The smallest absolute Gasteiger partial charge is 0.180 e. The van der Waals surface area contributed by atoms with Gasteiger partial charge in [0.15, 0.2) is 5.78 Å². The summed E-state index contributed by atoms with van der Waals surface area (Å²) in [5.74, 6) is 0.296. The van der Waals surface area contributed by atoms with Gasteiger partial charge in [-0.25, -0.2) is 0 Å². The van der Waals surface area contributed by atoms with Gasteiger partial charge >= 0.3 is 0 Å². The Hall–Kier alpha value is -1.19. The van der Waals surface area contributed by atoms with Gasteiger partial charge in [0.2, 0.25) is 0 Å². The third kappa shape index (κ3) is 3.10. The molecule has 1 fully saturated rings. The Morgan fingerprint density at radius 2 is 1.75 bits per heavy atom. The molecule has 1 aliphatic heterocycles. The summed E-state index contributed by atoms with van der Waals surface area (Å²) < 4.78 is 0. The van der Waals surface area contributed by atoms with E-state index >= 15 is 0 Å². The van der Waals surface area contributed by atoms with E-state index in [2.05, 4.69) is 50.0 Å². The number of carbonyl (C=O) groups is 1. The van der Waals surface area contributed by atoms with Crippen LogP contribution in [0, 0.1) is 20.8 Å². The lowest BCUT2D eigenvalue weighted by molar-refractivity contribution is 0.0788. The lowest BCUT2D eigenvalue weighted by Crippen LogP contribution is -2.51. The molecule has 0 amide bonds. The summed E-state index contributed by atoms with van der Waals surface area (Å²) in [7, 11) is 0. The van der Waals surface area contributed by atoms with Crippen molar-refractivity contribution in [1.82, 2.24) is 10.2 Å². The number of aryl methyl sites for hydroxylation is 3. The first kappa shape index (κ1) is 15.2. The maximum Gasteiger partial charge on any atom is 0.180 e. The van der Waals surface area contributed by atoms with Crippen molar-refractivity contribution in [3.63, 3.8) is 0 Å². The Labute approximate surface area is 122 Å². The van der Waals surface area contributed by atoms with Gasteiger partial charge in [-0.05, 0) is 38.3 Å². The largest absolute Gasteiger partial charge is 0.314 e. The minimum atomic E-state index is 0.0252. The van der Waals surface area contributed by atoms with Crippen molar-refractivity contribution in [2.75, 3.05) is 26.2 Å². The molecule has 110 valence electrons. The lowest BCUT2D eigenvalue weighted by Gasteiger charge is -2.34. The second kappa shape index (κ2) is 6.51. The minimum absolute atomic E-state index is 0.0252. The van der Waals surface area contributed by atoms with Crippen LogP contribution in [0.15, 0.2) is 12.1 Å². The van der Waals surface area contributed by atoms with Crippen molar-refractivity contribution in [2.24, 2.45) is 0 Å². The molecule has 3 heteroatoms. The van der Waals surface area contributed by atoms with E-state index in [1.165, 1.54) is 5.56 Å². The summed E-state index contributed by atoms with van der Waals surface area (Å²) in [5.41, 5.74) is 4.38. The number of Topliss-reactive ketones (excluding diaryl/α,β-unsaturated/α-hetero) is 1. The van der Waals surface area contributed by atoms with E-state index < -0.39 is 0 Å². The molecule has 0 bridgehead atoms. The zero-order chi connectivity index (χ0) is 14.7. The predicted molar refractivity (Wildman–Crippen MR) is 83.5 cm³/mol. The van der Waals surface area contributed by atoms with Crippen molar-refractivity contribution >= 4 is 5.78 Å². The Bertz CT molecular complexity index is 467. The van der Waals surface area contributed by atoms with Gasteiger partial charge in [0.25, 0.3) is 0 Å². The Morgan fingerprint density at radius 3 is 2.25 bits per heavy atom. The van der Waals surface area contributed by atoms with E-state index in [-0.39, 0.29) is 6.04 Å². The van der Waals surface area contributed by atoms with Crippen LogP contribution >= 0.6 is 0 Å². The van der Waals surface area contributed by atoms with Crippen LogP contribution in [0.4, 0.5) is 0 Å². The fourth-order valence-electron chi connectivity index (χ4n) is 3.34. The maximum atomic E-state index is 13.0. The first-order valence-electron chi connectivity index (χ1n) is 7.61. The molecule has 1 atom stereocenters. The predicted octanol–water partition coefficient (Wildman–Crippen LogP) is 2.48. The van der Waals surface area contributed by atoms with Gasteiger partial charge < -0.3 is 5.32 Å². The van der Waals surface area contributed by atoms with Crippen molar-refractivity contribution in [1.29, 1.82) is 0 Å². The van der Waals surface area contributed by atoms with Crippen LogP contribution in [0.5, 0.6) is 0 Å². The summed E-state index contributed by atoms with van der Waals surface area (Å²) in [4.78, 5) is 15.3. The average Bonchev–Trinajstić information content (AvgIpc) is 2.39. The van der Waals surface area contributed by atoms with Gasteiger partial charge in [-0.15, -0.1) is 0 Å². The van der Waals surface area contributed by atoms with E-state index in [1.807, 2.05) is 0 Å². The topological polar surface area (TPSA) is 32.3 Å². The van der Waals surface area contributed by atoms with E-state index in [4.69, 9.17) is 0 Å². The molecule has 3 nitrogen and oxygen atoms in total. The summed E-state index contributed by atoms with van der Waals surface area (Å²) in [5, 5.41) is 3.35. The SMILES string of the molecule is CCC(C(=O)c1c(C)cc(C)cc1C)N1CCNCC1. The quantitative estimate of drug-likeness (QED) is 0.856. The minimum Gasteiger partial charge on any atom is -0.314 e. The number of ketones is 1. The monoisotopic (exact) mass is 274 g/mol. The highest BCUT2D eigenvalue weighted by Crippen LogP contribution is 2.21. The van der Waals surface area contributed by atoms with Crippen LogP contribution in [0.3, 0.4) is 0 Å². The van der Waals surface area contributed by atoms with Crippen LogP contribution in [0.25, 0.3) is 0 Å². The van der Waals surface area contributed by atoms with Gasteiger partial charge in [0.05, 0.1) is 6.04 Å². The second-order valence-electron chi connectivity index (χ2n) is 5.85. The van der Waals surface area contributed by atoms with Crippen LogP contribution in [-0.2, 0) is 0 Å². The van der Waals surface area contributed by atoms with Crippen LogP contribution in [-0.4, -0.2) is 42.9 Å². The number of hydrogen-bond acceptors (Lipinski definition) is 3. The van der Waals surface area contributed by atoms with Gasteiger partial charge in [-0.1, -0.05) is 24.6 Å². The fourth-order valence-corrected chi connectivity index (χ4v) is 3.34. The van der Waals surface area contributed by atoms with Crippen LogP contribution < -0.4 is 5.32 Å². The molecule has 1 aromatic rings. The van der Waals surface area contributed by atoms with E-state index in [9.17, 15) is 4.79 Å². The Balaban J connectivity index is 2.28. The first-order valence-corrected chi connectivity index (χ1v) is 7.61. The lowest BCUT2D eigenvalue weighted by atomic mass is 9.91. The maximum absolute atomic E-state index is 13.0. The molecule has 0 saturated carbocycles. The number of nitrogens with zero attached hydrogens (tertiary/aromatic N) is 1. The standard InChI is InChI=1S/C17H26N2O/c1-5-15(19-8-6-18-7-9-19)17(20)16-13(3)10-12(2)11-14(16)4/h10-11,15,18H,5-9H2,1-4H3. The molecule has 1 saturated heterocycles. The van der Waals surface area contributed by atoms with Crippen LogP contribution in [0.1, 0.15) is 40.4 Å². The van der Waals surface area contributed by atoms with Crippen molar-refractivity contribution in [2.45, 2.75) is 40.2 Å². The first-order chi connectivity index (χ1) is 9.54. The Kier molecular flexibility index (Phi) is 4.95. The molecule has 1 unspecified atom stereocenters. The molecule has 2 rings (SSSR count). The normalized spacial score (nSPS) is 18.0. The molecular formula is C17H26N2O. The average molecular weight is 274 g/mol. The van der Waals surface area contributed by atoms with E-state index in [0.717, 1.165) is 49.3 Å². The molecular weight excluding hydrogens is 248 g/mol. The summed E-state index contributed by atoms with van der Waals surface area (Å²) in [6, 6.07) is 4.26. The fraction of sp³-hybridized carbons (Fsp3) is 0.588. The molecule has 0 radical (unpaired) electrons. The van der Waals surface area contributed by atoms with Crippen LogP contribution in [0.2, 0.25) is 0 Å². The van der Waals surface area contributed by atoms with Gasteiger partial charge in [-0.2, -0.15) is 0 Å². The van der Waals surface area contributed by atoms with Gasteiger partial charge in [0, 0.05) is 31.7 Å². The number of rotatable bonds is 4. The molecule has 20 heavy (non-hydrogen) atoms. The third-order valence-electron chi connectivity index (χ3n) is 4.21. The molecule has 0 spiro atoms. The Morgan fingerprint density at radius 1 is 1.20 bits per heavy atom. The third-order valence-corrected chi connectivity index (χ3v) is 4.21.